The molecule has 0 atom stereocenters. The van der Waals surface area contributed by atoms with Gasteiger partial charge in [0.15, 0.2) is 0 Å². The summed E-state index contributed by atoms with van der Waals surface area (Å²) in [6.07, 6.45) is 0. The van der Waals surface area contributed by atoms with Crippen LogP contribution < -0.4 is 31.6 Å². The van der Waals surface area contributed by atoms with E-state index in [2.05, 4.69) is 10.6 Å². The molecule has 0 aromatic heterocycles. The van der Waals surface area contributed by atoms with Crippen molar-refractivity contribution in [2.24, 2.45) is 0 Å². The quantitative estimate of drug-likeness (QED) is 0.441. The van der Waals surface area contributed by atoms with Crippen molar-refractivity contribution < 1.29 is 9.47 Å². The molecule has 0 aliphatic carbocycles. The molecule has 0 aliphatic rings. The van der Waals surface area contributed by atoms with Gasteiger partial charge in [-0.25, -0.2) is 0 Å². The number of nitrogens with two attached hydrogens (primary N) is 2. The van der Waals surface area contributed by atoms with Crippen molar-refractivity contribution in [1.82, 2.24) is 0 Å². The molecule has 6 heteroatoms. The van der Waals surface area contributed by atoms with E-state index >= 15 is 0 Å². The third-order valence-electron chi connectivity index (χ3n) is 4.62. The van der Waals surface area contributed by atoms with Crippen molar-refractivity contribution in [3.8, 4) is 11.5 Å². The molecule has 0 saturated carbocycles. The molecule has 3 rings (SSSR count). The molecule has 0 heterocycles. The lowest BCUT2D eigenvalue weighted by atomic mass is 10.0. The lowest BCUT2D eigenvalue weighted by molar-refractivity contribution is 0.415. The molecule has 6 nitrogen and oxygen atoms in total. The predicted octanol–water partition coefficient (Wildman–Crippen LogP) is 4.09. The summed E-state index contributed by atoms with van der Waals surface area (Å²) in [6, 6.07) is 19.2. The minimum atomic E-state index is 0.572. The molecule has 6 N–H and O–H groups in total. The van der Waals surface area contributed by atoms with Crippen LogP contribution in [0.2, 0.25) is 0 Å². The van der Waals surface area contributed by atoms with Crippen molar-refractivity contribution in [1.29, 1.82) is 0 Å². The molecule has 3 aromatic rings. The fourth-order valence-corrected chi connectivity index (χ4v) is 2.95. The Hall–Kier alpha value is -3.54. The van der Waals surface area contributed by atoms with Crippen molar-refractivity contribution in [2.75, 3.05) is 36.3 Å². The van der Waals surface area contributed by atoms with E-state index in [-0.39, 0.29) is 0 Å². The highest BCUT2D eigenvalue weighted by atomic mass is 16.5. The van der Waals surface area contributed by atoms with Crippen LogP contribution in [0, 0.1) is 0 Å². The second kappa shape index (κ2) is 8.90. The largest absolute Gasteiger partial charge is 0.497 e. The minimum absolute atomic E-state index is 0.572. The van der Waals surface area contributed by atoms with Crippen LogP contribution in [0.25, 0.3) is 0 Å². The van der Waals surface area contributed by atoms with E-state index in [1.165, 1.54) is 0 Å². The number of ether oxygens (including phenoxy) is 2. The summed E-state index contributed by atoms with van der Waals surface area (Å²) in [4.78, 5) is 0. The number of nitrogen functional groups attached to an aromatic ring is 2. The monoisotopic (exact) mass is 378 g/mol. The lowest BCUT2D eigenvalue weighted by Crippen LogP contribution is -2.12. The summed E-state index contributed by atoms with van der Waals surface area (Å²) in [5, 5.41) is 6.80. The lowest BCUT2D eigenvalue weighted by Gasteiger charge is -2.17. The standard InChI is InChI=1S/C22H26N4O2/c1-27-17-7-3-15(4-8-17)25-13-19-20(22(24)12-11-21(19)23)14-26-16-5-9-18(28-2)10-6-16/h3-12,25-26H,13-14,23-24H2,1-2H3. The summed E-state index contributed by atoms with van der Waals surface area (Å²) in [5.41, 5.74) is 17.8. The molecule has 0 unspecified atom stereocenters. The van der Waals surface area contributed by atoms with E-state index < -0.39 is 0 Å². The van der Waals surface area contributed by atoms with E-state index in [0.29, 0.717) is 24.5 Å². The molecule has 0 fully saturated rings. The zero-order valence-corrected chi connectivity index (χ0v) is 16.2. The van der Waals surface area contributed by atoms with Gasteiger partial charge in [0.25, 0.3) is 0 Å². The molecule has 0 aliphatic heterocycles. The van der Waals surface area contributed by atoms with Gasteiger partial charge in [0.05, 0.1) is 14.2 Å². The number of benzene rings is 3. The van der Waals surface area contributed by atoms with E-state index in [0.717, 1.165) is 34.0 Å². The Balaban J connectivity index is 1.73. The van der Waals surface area contributed by atoms with Gasteiger partial charge in [-0.15, -0.1) is 0 Å². The van der Waals surface area contributed by atoms with Crippen LogP contribution in [0.1, 0.15) is 11.1 Å². The van der Waals surface area contributed by atoms with Gasteiger partial charge in [0, 0.05) is 47.0 Å². The number of hydrogen-bond donors (Lipinski definition) is 4. The third-order valence-corrected chi connectivity index (χ3v) is 4.62. The van der Waals surface area contributed by atoms with Crippen LogP contribution in [0.15, 0.2) is 60.7 Å². The maximum atomic E-state index is 6.25. The Morgan fingerprint density at radius 3 is 1.29 bits per heavy atom. The maximum absolute atomic E-state index is 6.25. The van der Waals surface area contributed by atoms with Crippen molar-refractivity contribution in [3.63, 3.8) is 0 Å². The van der Waals surface area contributed by atoms with Gasteiger partial charge in [-0.05, 0) is 60.7 Å². The van der Waals surface area contributed by atoms with Crippen LogP contribution in [-0.2, 0) is 13.1 Å². The normalized spacial score (nSPS) is 10.4. The topological polar surface area (TPSA) is 94.6 Å². The van der Waals surface area contributed by atoms with Gasteiger partial charge in [-0.2, -0.15) is 0 Å². The zero-order chi connectivity index (χ0) is 19.9. The van der Waals surface area contributed by atoms with Gasteiger partial charge in [-0.1, -0.05) is 0 Å². The number of rotatable bonds is 8. The molecule has 0 saturated heterocycles. The first-order valence-corrected chi connectivity index (χ1v) is 9.02. The van der Waals surface area contributed by atoms with E-state index in [1.54, 1.807) is 14.2 Å². The Labute approximate surface area is 165 Å². The fourth-order valence-electron chi connectivity index (χ4n) is 2.95. The first-order valence-electron chi connectivity index (χ1n) is 9.02. The highest BCUT2D eigenvalue weighted by Crippen LogP contribution is 2.26. The maximum Gasteiger partial charge on any atom is 0.119 e. The first-order chi connectivity index (χ1) is 13.6. The number of nitrogens with one attached hydrogen (secondary N) is 2. The second-order valence-electron chi connectivity index (χ2n) is 6.37. The minimum Gasteiger partial charge on any atom is -0.497 e. The molecule has 0 spiro atoms. The Morgan fingerprint density at radius 2 is 0.964 bits per heavy atom. The highest BCUT2D eigenvalue weighted by molar-refractivity contribution is 5.64. The fraction of sp³-hybridized carbons (Fsp3) is 0.182. The Bertz CT molecular complexity index is 833. The second-order valence-corrected chi connectivity index (χ2v) is 6.37. The van der Waals surface area contributed by atoms with Crippen LogP contribution in [0.3, 0.4) is 0 Å². The van der Waals surface area contributed by atoms with Gasteiger partial charge in [0.1, 0.15) is 11.5 Å². The zero-order valence-electron chi connectivity index (χ0n) is 16.2. The van der Waals surface area contributed by atoms with E-state index in [9.17, 15) is 0 Å². The number of anilines is 4. The smallest absolute Gasteiger partial charge is 0.119 e. The van der Waals surface area contributed by atoms with Crippen LogP contribution in [-0.4, -0.2) is 14.2 Å². The molecular weight excluding hydrogens is 352 g/mol. The van der Waals surface area contributed by atoms with Gasteiger partial charge in [0.2, 0.25) is 0 Å². The summed E-state index contributed by atoms with van der Waals surface area (Å²) in [6.45, 7) is 1.14. The highest BCUT2D eigenvalue weighted by Gasteiger charge is 2.11. The first kappa shape index (κ1) is 19.2. The molecule has 0 bridgehead atoms. The van der Waals surface area contributed by atoms with Crippen LogP contribution in [0.5, 0.6) is 11.5 Å². The van der Waals surface area contributed by atoms with Crippen molar-refractivity contribution >= 4 is 22.7 Å². The summed E-state index contributed by atoms with van der Waals surface area (Å²) >= 11 is 0. The van der Waals surface area contributed by atoms with Crippen LogP contribution in [0.4, 0.5) is 22.7 Å². The molecule has 0 radical (unpaired) electrons. The van der Waals surface area contributed by atoms with Gasteiger partial charge in [-0.3, -0.25) is 0 Å². The SMILES string of the molecule is COc1ccc(NCc2c(N)ccc(N)c2CNc2ccc(OC)cc2)cc1. The molecule has 28 heavy (non-hydrogen) atoms. The predicted molar refractivity (Wildman–Crippen MR) is 116 cm³/mol. The average molecular weight is 378 g/mol. The van der Waals surface area contributed by atoms with Gasteiger partial charge >= 0.3 is 0 Å². The summed E-state index contributed by atoms with van der Waals surface area (Å²) in [7, 11) is 3.30. The van der Waals surface area contributed by atoms with Crippen LogP contribution >= 0.6 is 0 Å². The third kappa shape index (κ3) is 4.59. The summed E-state index contributed by atoms with van der Waals surface area (Å²) in [5.74, 6) is 1.64. The molecule has 3 aromatic carbocycles. The average Bonchev–Trinajstić information content (AvgIpc) is 2.74. The Kier molecular flexibility index (Phi) is 6.11. The molecule has 146 valence electrons. The van der Waals surface area contributed by atoms with Crippen molar-refractivity contribution in [2.45, 2.75) is 13.1 Å². The van der Waals surface area contributed by atoms with E-state index in [1.807, 2.05) is 60.7 Å². The van der Waals surface area contributed by atoms with Gasteiger partial charge < -0.3 is 31.6 Å². The number of hydrogen-bond acceptors (Lipinski definition) is 6. The van der Waals surface area contributed by atoms with Crippen molar-refractivity contribution in [3.05, 3.63) is 71.8 Å². The molecule has 0 amide bonds. The van der Waals surface area contributed by atoms with E-state index in [4.69, 9.17) is 20.9 Å². The molecular formula is C22H26N4O2. The number of methoxy groups -OCH3 is 2. The Morgan fingerprint density at radius 1 is 0.607 bits per heavy atom. The summed E-state index contributed by atoms with van der Waals surface area (Å²) < 4.78 is 10.4.